The highest BCUT2D eigenvalue weighted by Gasteiger charge is 2.27. The van der Waals surface area contributed by atoms with Crippen molar-refractivity contribution >= 4 is 6.03 Å². The molecular weight excluding hydrogens is 288 g/mol. The molecule has 0 aliphatic heterocycles. The van der Waals surface area contributed by atoms with Gasteiger partial charge in [-0.15, -0.1) is 0 Å². The van der Waals surface area contributed by atoms with Crippen molar-refractivity contribution in [3.05, 3.63) is 0 Å². The van der Waals surface area contributed by atoms with Crippen LogP contribution >= 0.6 is 0 Å². The molecule has 1 rings (SSSR count). The third-order valence-electron chi connectivity index (χ3n) is 4.52. The van der Waals surface area contributed by atoms with Crippen molar-refractivity contribution in [2.45, 2.75) is 97.6 Å². The maximum absolute atomic E-state index is 12.7. The monoisotopic (exact) mass is 326 g/mol. The molecule has 1 aliphatic rings. The Morgan fingerprint density at radius 3 is 2.39 bits per heavy atom. The number of hydrogen-bond acceptors (Lipinski definition) is 2. The lowest BCUT2D eigenvalue weighted by molar-refractivity contribution is 0.0877. The second kappa shape index (κ2) is 10.2. The molecule has 0 spiro atoms. The van der Waals surface area contributed by atoms with Crippen molar-refractivity contribution < 1.29 is 9.90 Å². The smallest absolute Gasteiger partial charge is 0.317 e. The summed E-state index contributed by atoms with van der Waals surface area (Å²) in [6, 6.07) is -0.0693. The van der Waals surface area contributed by atoms with Gasteiger partial charge in [-0.05, 0) is 24.7 Å². The van der Waals surface area contributed by atoms with Crippen LogP contribution in [0.5, 0.6) is 0 Å². The predicted octanol–water partition coefficient (Wildman–Crippen LogP) is 4.32. The molecule has 0 radical (unpaired) electrons. The highest BCUT2D eigenvalue weighted by molar-refractivity contribution is 5.74. The molecule has 4 nitrogen and oxygen atoms in total. The number of hydrogen-bond donors (Lipinski definition) is 2. The summed E-state index contributed by atoms with van der Waals surface area (Å²) in [5, 5.41) is 13.2. The van der Waals surface area contributed by atoms with E-state index in [9.17, 15) is 9.90 Å². The molecule has 136 valence electrons. The van der Waals surface area contributed by atoms with Gasteiger partial charge in [0.25, 0.3) is 0 Å². The third kappa shape index (κ3) is 8.59. The Hall–Kier alpha value is -0.770. The first-order chi connectivity index (χ1) is 10.8. The molecule has 4 heteroatoms. The minimum absolute atomic E-state index is 0.00127. The Morgan fingerprint density at radius 1 is 1.13 bits per heavy atom. The number of carbonyl (C=O) groups is 1. The van der Waals surface area contributed by atoms with Gasteiger partial charge in [-0.2, -0.15) is 0 Å². The van der Waals surface area contributed by atoms with E-state index in [0.29, 0.717) is 0 Å². The predicted molar refractivity (Wildman–Crippen MR) is 96.6 cm³/mol. The third-order valence-corrected chi connectivity index (χ3v) is 4.52. The fourth-order valence-corrected chi connectivity index (χ4v) is 3.26. The molecule has 1 fully saturated rings. The van der Waals surface area contributed by atoms with Crippen molar-refractivity contribution in [1.29, 1.82) is 0 Å². The SMILES string of the molecule is CCCCCCCN(CC(C)(C)C)C(=O)N[C@H]1CCCC[C@@H]1O. The number of unbranched alkanes of at least 4 members (excludes halogenated alkanes) is 4. The van der Waals surface area contributed by atoms with Gasteiger partial charge in [-0.1, -0.05) is 66.2 Å². The highest BCUT2D eigenvalue weighted by atomic mass is 16.3. The van der Waals surface area contributed by atoms with Gasteiger partial charge in [0.15, 0.2) is 0 Å². The van der Waals surface area contributed by atoms with Gasteiger partial charge in [0, 0.05) is 13.1 Å². The van der Waals surface area contributed by atoms with Crippen molar-refractivity contribution in [2.24, 2.45) is 5.41 Å². The van der Waals surface area contributed by atoms with Crippen LogP contribution in [-0.4, -0.2) is 41.3 Å². The molecule has 0 bridgehead atoms. The minimum Gasteiger partial charge on any atom is -0.391 e. The van der Waals surface area contributed by atoms with Gasteiger partial charge in [0.2, 0.25) is 0 Å². The van der Waals surface area contributed by atoms with Gasteiger partial charge in [-0.3, -0.25) is 0 Å². The second-order valence-corrected chi connectivity index (χ2v) is 8.30. The minimum atomic E-state index is -0.381. The van der Waals surface area contributed by atoms with Crippen LogP contribution in [0.15, 0.2) is 0 Å². The maximum atomic E-state index is 12.7. The number of nitrogens with one attached hydrogen (secondary N) is 1. The molecule has 0 aromatic heterocycles. The van der Waals surface area contributed by atoms with Crippen molar-refractivity contribution in [3.63, 3.8) is 0 Å². The largest absolute Gasteiger partial charge is 0.391 e. The summed E-state index contributed by atoms with van der Waals surface area (Å²) in [4.78, 5) is 14.6. The number of urea groups is 1. The molecule has 0 unspecified atom stereocenters. The van der Waals surface area contributed by atoms with Crippen LogP contribution in [0.4, 0.5) is 4.79 Å². The summed E-state index contributed by atoms with van der Waals surface area (Å²) in [6.45, 7) is 10.3. The van der Waals surface area contributed by atoms with Crippen LogP contribution in [0, 0.1) is 5.41 Å². The Labute approximate surface area is 143 Å². The normalized spacial score (nSPS) is 22.0. The number of nitrogens with zero attached hydrogens (tertiary/aromatic N) is 1. The molecule has 2 atom stereocenters. The van der Waals surface area contributed by atoms with E-state index in [1.807, 2.05) is 4.90 Å². The van der Waals surface area contributed by atoms with Crippen LogP contribution < -0.4 is 5.32 Å². The Bertz CT molecular complexity index is 339. The lowest BCUT2D eigenvalue weighted by atomic mass is 9.92. The maximum Gasteiger partial charge on any atom is 0.317 e. The van der Waals surface area contributed by atoms with E-state index in [0.717, 1.165) is 45.2 Å². The zero-order chi connectivity index (χ0) is 17.3. The molecule has 2 N–H and O–H groups in total. The molecule has 1 aliphatic carbocycles. The van der Waals surface area contributed by atoms with E-state index in [1.165, 1.54) is 25.7 Å². The summed E-state index contributed by atoms with van der Waals surface area (Å²) >= 11 is 0. The van der Waals surface area contributed by atoms with Gasteiger partial charge in [0.1, 0.15) is 0 Å². The lowest BCUT2D eigenvalue weighted by Crippen LogP contribution is -2.52. The summed E-state index contributed by atoms with van der Waals surface area (Å²) in [7, 11) is 0. The van der Waals surface area contributed by atoms with Crippen LogP contribution in [0.2, 0.25) is 0 Å². The number of rotatable bonds is 8. The molecule has 0 heterocycles. The van der Waals surface area contributed by atoms with Gasteiger partial charge in [0.05, 0.1) is 12.1 Å². The molecule has 0 saturated heterocycles. The summed E-state index contributed by atoms with van der Waals surface area (Å²) in [6.07, 6.45) is 9.51. The molecule has 2 amide bonds. The summed E-state index contributed by atoms with van der Waals surface area (Å²) < 4.78 is 0. The second-order valence-electron chi connectivity index (χ2n) is 8.30. The van der Waals surface area contributed by atoms with Crippen LogP contribution in [0.25, 0.3) is 0 Å². The van der Waals surface area contributed by atoms with Crippen LogP contribution in [-0.2, 0) is 0 Å². The van der Waals surface area contributed by atoms with E-state index in [1.54, 1.807) is 0 Å². The van der Waals surface area contributed by atoms with E-state index in [-0.39, 0.29) is 23.6 Å². The molecule has 0 aromatic carbocycles. The van der Waals surface area contributed by atoms with Crippen molar-refractivity contribution in [3.8, 4) is 0 Å². The average Bonchev–Trinajstić information content (AvgIpc) is 2.47. The number of aliphatic hydroxyl groups excluding tert-OH is 1. The standard InChI is InChI=1S/C19H38N2O2/c1-5-6-7-8-11-14-21(15-19(2,3)4)18(23)20-16-12-9-10-13-17(16)22/h16-17,22H,5-15H2,1-4H3,(H,20,23)/t16-,17-/m0/s1. The molecular formula is C19H38N2O2. The first kappa shape index (κ1) is 20.3. The molecule has 23 heavy (non-hydrogen) atoms. The van der Waals surface area contributed by atoms with Gasteiger partial charge < -0.3 is 15.3 Å². The summed E-state index contributed by atoms with van der Waals surface area (Å²) in [5.41, 5.74) is 0.0892. The lowest BCUT2D eigenvalue weighted by Gasteiger charge is -2.34. The van der Waals surface area contributed by atoms with Gasteiger partial charge >= 0.3 is 6.03 Å². The van der Waals surface area contributed by atoms with E-state index in [2.05, 4.69) is 33.0 Å². The summed E-state index contributed by atoms with van der Waals surface area (Å²) in [5.74, 6) is 0. The van der Waals surface area contributed by atoms with Crippen LogP contribution in [0.3, 0.4) is 0 Å². The molecule has 0 aromatic rings. The Kier molecular flexibility index (Phi) is 8.96. The van der Waals surface area contributed by atoms with E-state index in [4.69, 9.17) is 0 Å². The number of carbonyl (C=O) groups excluding carboxylic acids is 1. The quantitative estimate of drug-likeness (QED) is 0.653. The zero-order valence-corrected chi connectivity index (χ0v) is 15.7. The topological polar surface area (TPSA) is 52.6 Å². The van der Waals surface area contributed by atoms with Crippen molar-refractivity contribution in [1.82, 2.24) is 10.2 Å². The Balaban J connectivity index is 2.50. The van der Waals surface area contributed by atoms with E-state index >= 15 is 0 Å². The van der Waals surface area contributed by atoms with Crippen molar-refractivity contribution in [2.75, 3.05) is 13.1 Å². The fourth-order valence-electron chi connectivity index (χ4n) is 3.26. The number of aliphatic hydroxyl groups is 1. The number of amides is 2. The fraction of sp³-hybridized carbons (Fsp3) is 0.947. The first-order valence-corrected chi connectivity index (χ1v) is 9.57. The Morgan fingerprint density at radius 2 is 1.78 bits per heavy atom. The molecule has 1 saturated carbocycles. The van der Waals surface area contributed by atoms with Crippen LogP contribution in [0.1, 0.15) is 85.5 Å². The zero-order valence-electron chi connectivity index (χ0n) is 15.7. The van der Waals surface area contributed by atoms with E-state index < -0.39 is 0 Å². The first-order valence-electron chi connectivity index (χ1n) is 9.57. The van der Waals surface area contributed by atoms with Gasteiger partial charge in [-0.25, -0.2) is 4.79 Å². The highest BCUT2D eigenvalue weighted by Crippen LogP contribution is 2.20. The average molecular weight is 327 g/mol.